The lowest BCUT2D eigenvalue weighted by molar-refractivity contribution is -0.120. The molecule has 1 aromatic rings. The molecule has 20 heavy (non-hydrogen) atoms. The molecule has 0 heterocycles. The average Bonchev–Trinajstić information content (AvgIpc) is 2.42. The van der Waals surface area contributed by atoms with Crippen LogP contribution < -0.4 is 10.6 Å². The molecule has 0 aromatic heterocycles. The Morgan fingerprint density at radius 3 is 1.90 bits per heavy atom. The van der Waals surface area contributed by atoms with Crippen molar-refractivity contribution in [1.82, 2.24) is 5.32 Å². The summed E-state index contributed by atoms with van der Waals surface area (Å²) in [6.45, 7) is 2.90. The minimum absolute atomic E-state index is 0.166. The minimum atomic E-state index is -2.24. The van der Waals surface area contributed by atoms with Crippen LogP contribution in [0.15, 0.2) is 0 Å². The Hall–Kier alpha value is -1.86. The smallest absolute Gasteiger partial charge is 0.239 e. The normalized spacial score (nSPS) is 12.2. The molecule has 0 bridgehead atoms. The standard InChI is InChI=1S/C12H13F5N2O/c1-3-5(2)19-6(20)4-18-12-10(16)8(14)7(13)9(15)11(12)17/h5,18H,3-4H2,1-2H3,(H,19,20). The van der Waals surface area contributed by atoms with Gasteiger partial charge < -0.3 is 10.6 Å². The lowest BCUT2D eigenvalue weighted by Crippen LogP contribution is -2.36. The van der Waals surface area contributed by atoms with Crippen LogP contribution >= 0.6 is 0 Å². The van der Waals surface area contributed by atoms with Crippen LogP contribution in [0.4, 0.5) is 27.6 Å². The lowest BCUT2D eigenvalue weighted by atomic mass is 10.2. The molecule has 1 unspecified atom stereocenters. The van der Waals surface area contributed by atoms with Crippen molar-refractivity contribution in [3.63, 3.8) is 0 Å². The number of anilines is 1. The molecule has 0 spiro atoms. The fourth-order valence-corrected chi connectivity index (χ4v) is 1.36. The van der Waals surface area contributed by atoms with Gasteiger partial charge in [-0.25, -0.2) is 22.0 Å². The van der Waals surface area contributed by atoms with Gasteiger partial charge in [0.2, 0.25) is 11.7 Å². The third-order valence-corrected chi connectivity index (χ3v) is 2.66. The van der Waals surface area contributed by atoms with Crippen molar-refractivity contribution < 1.29 is 26.7 Å². The highest BCUT2D eigenvalue weighted by molar-refractivity contribution is 5.81. The van der Waals surface area contributed by atoms with Crippen molar-refractivity contribution in [2.45, 2.75) is 26.3 Å². The van der Waals surface area contributed by atoms with Crippen molar-refractivity contribution in [1.29, 1.82) is 0 Å². The molecule has 0 saturated heterocycles. The predicted octanol–water partition coefficient (Wildman–Crippen LogP) is 2.71. The van der Waals surface area contributed by atoms with E-state index in [0.717, 1.165) is 0 Å². The van der Waals surface area contributed by atoms with E-state index in [0.29, 0.717) is 6.42 Å². The van der Waals surface area contributed by atoms with Gasteiger partial charge in [-0.15, -0.1) is 0 Å². The number of amides is 1. The fraction of sp³-hybridized carbons (Fsp3) is 0.417. The number of nitrogens with one attached hydrogen (secondary N) is 2. The van der Waals surface area contributed by atoms with Crippen LogP contribution in [0.3, 0.4) is 0 Å². The number of carbonyl (C=O) groups excluding carboxylic acids is 1. The van der Waals surface area contributed by atoms with Crippen LogP contribution in [-0.4, -0.2) is 18.5 Å². The van der Waals surface area contributed by atoms with Gasteiger partial charge in [0.05, 0.1) is 6.54 Å². The first kappa shape index (κ1) is 16.2. The van der Waals surface area contributed by atoms with Crippen LogP contribution in [0, 0.1) is 29.1 Å². The molecule has 112 valence electrons. The molecule has 0 aliphatic rings. The second-order valence-electron chi connectivity index (χ2n) is 4.18. The van der Waals surface area contributed by atoms with E-state index in [9.17, 15) is 26.7 Å². The van der Waals surface area contributed by atoms with E-state index in [4.69, 9.17) is 0 Å². The molecule has 2 N–H and O–H groups in total. The molecule has 3 nitrogen and oxygen atoms in total. The van der Waals surface area contributed by atoms with Crippen LogP contribution in [0.25, 0.3) is 0 Å². The van der Waals surface area contributed by atoms with Gasteiger partial charge in [-0.05, 0) is 13.3 Å². The Labute approximate surface area is 112 Å². The van der Waals surface area contributed by atoms with E-state index in [-0.39, 0.29) is 6.04 Å². The Balaban J connectivity index is 2.86. The lowest BCUT2D eigenvalue weighted by Gasteiger charge is -2.13. The van der Waals surface area contributed by atoms with Gasteiger partial charge in [0.1, 0.15) is 5.69 Å². The molecule has 0 fully saturated rings. The second-order valence-corrected chi connectivity index (χ2v) is 4.18. The van der Waals surface area contributed by atoms with Crippen molar-refractivity contribution in [2.75, 3.05) is 11.9 Å². The maximum Gasteiger partial charge on any atom is 0.239 e. The van der Waals surface area contributed by atoms with Gasteiger partial charge in [-0.3, -0.25) is 4.79 Å². The molecule has 1 atom stereocenters. The van der Waals surface area contributed by atoms with E-state index in [1.165, 1.54) is 0 Å². The Kier molecular flexibility index (Phi) is 5.29. The summed E-state index contributed by atoms with van der Waals surface area (Å²) in [5.41, 5.74) is -1.22. The summed E-state index contributed by atoms with van der Waals surface area (Å²) in [4.78, 5) is 11.4. The summed E-state index contributed by atoms with van der Waals surface area (Å²) < 4.78 is 65.1. The third-order valence-electron chi connectivity index (χ3n) is 2.66. The number of hydrogen-bond acceptors (Lipinski definition) is 2. The monoisotopic (exact) mass is 296 g/mol. The topological polar surface area (TPSA) is 41.1 Å². The Morgan fingerprint density at radius 1 is 1.00 bits per heavy atom. The first-order chi connectivity index (χ1) is 9.29. The predicted molar refractivity (Wildman–Crippen MR) is 62.6 cm³/mol. The summed E-state index contributed by atoms with van der Waals surface area (Å²) in [6.07, 6.45) is 0.633. The first-order valence-electron chi connectivity index (χ1n) is 5.84. The number of carbonyl (C=O) groups is 1. The highest BCUT2D eigenvalue weighted by atomic mass is 19.2. The number of halogens is 5. The van der Waals surface area contributed by atoms with Gasteiger partial charge >= 0.3 is 0 Å². The van der Waals surface area contributed by atoms with Crippen molar-refractivity contribution in [3.8, 4) is 0 Å². The van der Waals surface area contributed by atoms with E-state index < -0.39 is 47.2 Å². The maximum atomic E-state index is 13.3. The SMILES string of the molecule is CCC(C)NC(=O)CNc1c(F)c(F)c(F)c(F)c1F. The minimum Gasteiger partial charge on any atom is -0.371 e. The molecule has 0 radical (unpaired) electrons. The van der Waals surface area contributed by atoms with Crippen molar-refractivity contribution in [2.24, 2.45) is 0 Å². The molecular weight excluding hydrogens is 283 g/mol. The van der Waals surface area contributed by atoms with Crippen LogP contribution in [0.1, 0.15) is 20.3 Å². The number of rotatable bonds is 5. The molecular formula is C12H13F5N2O. The number of hydrogen-bond donors (Lipinski definition) is 2. The van der Waals surface area contributed by atoms with Crippen LogP contribution in [-0.2, 0) is 4.79 Å². The van der Waals surface area contributed by atoms with E-state index in [2.05, 4.69) is 5.32 Å². The summed E-state index contributed by atoms with van der Waals surface area (Å²) in [5, 5.41) is 4.38. The van der Waals surface area contributed by atoms with Gasteiger partial charge in [0.15, 0.2) is 23.3 Å². The van der Waals surface area contributed by atoms with E-state index >= 15 is 0 Å². The molecule has 1 rings (SSSR count). The Morgan fingerprint density at radius 2 is 1.45 bits per heavy atom. The van der Waals surface area contributed by atoms with E-state index in [1.807, 2.05) is 12.2 Å². The maximum absolute atomic E-state index is 13.3. The molecule has 1 amide bonds. The van der Waals surface area contributed by atoms with Crippen molar-refractivity contribution >= 4 is 11.6 Å². The largest absolute Gasteiger partial charge is 0.371 e. The fourth-order valence-electron chi connectivity index (χ4n) is 1.36. The Bertz CT molecular complexity index is 492. The van der Waals surface area contributed by atoms with Gasteiger partial charge in [-0.1, -0.05) is 6.92 Å². The number of benzene rings is 1. The molecule has 1 aromatic carbocycles. The summed E-state index contributed by atoms with van der Waals surface area (Å²) >= 11 is 0. The quantitative estimate of drug-likeness (QED) is 0.498. The average molecular weight is 296 g/mol. The third kappa shape index (κ3) is 3.37. The van der Waals surface area contributed by atoms with Gasteiger partial charge in [0, 0.05) is 6.04 Å². The molecule has 0 aliphatic heterocycles. The van der Waals surface area contributed by atoms with E-state index in [1.54, 1.807) is 6.92 Å². The highest BCUT2D eigenvalue weighted by Gasteiger charge is 2.25. The summed E-state index contributed by atoms with van der Waals surface area (Å²) in [5.74, 6) is -11.0. The highest BCUT2D eigenvalue weighted by Crippen LogP contribution is 2.26. The zero-order valence-electron chi connectivity index (χ0n) is 10.8. The van der Waals surface area contributed by atoms with Gasteiger partial charge in [-0.2, -0.15) is 0 Å². The summed E-state index contributed by atoms with van der Waals surface area (Å²) in [6, 6.07) is -0.166. The van der Waals surface area contributed by atoms with Gasteiger partial charge in [0.25, 0.3) is 0 Å². The van der Waals surface area contributed by atoms with Crippen molar-refractivity contribution in [3.05, 3.63) is 29.1 Å². The molecule has 8 heteroatoms. The first-order valence-corrected chi connectivity index (χ1v) is 5.84. The molecule has 0 saturated carbocycles. The van der Waals surface area contributed by atoms with Crippen LogP contribution in [0.5, 0.6) is 0 Å². The second kappa shape index (κ2) is 6.53. The summed E-state index contributed by atoms with van der Waals surface area (Å²) in [7, 11) is 0. The zero-order chi connectivity index (χ0) is 15.4. The van der Waals surface area contributed by atoms with Crippen LogP contribution in [0.2, 0.25) is 0 Å². The zero-order valence-corrected chi connectivity index (χ0v) is 10.8. The molecule has 0 aliphatic carbocycles.